The van der Waals surface area contributed by atoms with E-state index in [4.69, 9.17) is 10.5 Å². The molecule has 0 spiro atoms. The Morgan fingerprint density at radius 3 is 2.75 bits per heavy atom. The molecular weight excluding hydrogens is 266 g/mol. The van der Waals surface area contributed by atoms with Gasteiger partial charge in [0.05, 0.1) is 6.61 Å². The van der Waals surface area contributed by atoms with Crippen molar-refractivity contribution in [3.63, 3.8) is 0 Å². The Morgan fingerprint density at radius 2 is 2.05 bits per heavy atom. The van der Waals surface area contributed by atoms with Crippen LogP contribution in [-0.2, 0) is 4.79 Å². The van der Waals surface area contributed by atoms with Gasteiger partial charge in [0.2, 0.25) is 5.91 Å². The predicted octanol–water partition coefficient (Wildman–Crippen LogP) is 1.98. The summed E-state index contributed by atoms with van der Waals surface area (Å²) in [5, 5.41) is 2.76. The Balaban J connectivity index is 2.13. The Morgan fingerprint density at radius 1 is 1.25 bits per heavy atom. The number of amides is 1. The smallest absolute Gasteiger partial charge is 0.220 e. The van der Waals surface area contributed by atoms with Gasteiger partial charge in [0.25, 0.3) is 0 Å². The van der Waals surface area contributed by atoms with Crippen LogP contribution in [0.4, 0.5) is 8.78 Å². The maximum absolute atomic E-state index is 13.2. The van der Waals surface area contributed by atoms with E-state index in [9.17, 15) is 13.6 Å². The van der Waals surface area contributed by atoms with Gasteiger partial charge in [-0.05, 0) is 37.9 Å². The molecule has 0 bridgehead atoms. The fourth-order valence-corrected chi connectivity index (χ4v) is 1.59. The van der Waals surface area contributed by atoms with Crippen LogP contribution in [0.15, 0.2) is 18.2 Å². The number of benzene rings is 1. The van der Waals surface area contributed by atoms with Crippen molar-refractivity contribution < 1.29 is 18.3 Å². The van der Waals surface area contributed by atoms with Crippen LogP contribution < -0.4 is 15.8 Å². The van der Waals surface area contributed by atoms with Crippen molar-refractivity contribution >= 4 is 5.91 Å². The third kappa shape index (κ3) is 6.47. The van der Waals surface area contributed by atoms with Crippen molar-refractivity contribution in [3.8, 4) is 5.75 Å². The number of unbranched alkanes of at least 4 members (excludes halogenated alkanes) is 1. The molecule has 0 aliphatic heterocycles. The van der Waals surface area contributed by atoms with Crippen molar-refractivity contribution in [1.29, 1.82) is 0 Å². The van der Waals surface area contributed by atoms with Gasteiger partial charge in [0, 0.05) is 19.0 Å². The average Bonchev–Trinajstić information content (AvgIpc) is 2.41. The number of ether oxygens (including phenoxy) is 1. The number of rotatable bonds is 9. The highest BCUT2D eigenvalue weighted by Crippen LogP contribution is 2.17. The fourth-order valence-electron chi connectivity index (χ4n) is 1.59. The minimum Gasteiger partial charge on any atom is -0.491 e. The molecule has 3 N–H and O–H groups in total. The van der Waals surface area contributed by atoms with E-state index in [2.05, 4.69) is 5.32 Å². The van der Waals surface area contributed by atoms with E-state index in [1.165, 1.54) is 6.07 Å². The SMILES string of the molecule is NCCCCNC(=O)CCCOc1ccc(F)cc1F. The highest BCUT2D eigenvalue weighted by molar-refractivity contribution is 5.75. The van der Waals surface area contributed by atoms with E-state index < -0.39 is 11.6 Å². The first-order valence-corrected chi connectivity index (χ1v) is 6.68. The van der Waals surface area contributed by atoms with Crippen LogP contribution in [0.3, 0.4) is 0 Å². The van der Waals surface area contributed by atoms with E-state index in [0.717, 1.165) is 25.0 Å². The largest absolute Gasteiger partial charge is 0.491 e. The molecule has 0 fully saturated rings. The number of hydrogen-bond donors (Lipinski definition) is 2. The Bertz CT molecular complexity index is 428. The van der Waals surface area contributed by atoms with Gasteiger partial charge in [-0.3, -0.25) is 4.79 Å². The zero-order valence-electron chi connectivity index (χ0n) is 11.3. The van der Waals surface area contributed by atoms with Gasteiger partial charge in [-0.25, -0.2) is 8.78 Å². The van der Waals surface area contributed by atoms with Gasteiger partial charge in [0.15, 0.2) is 11.6 Å². The third-order valence-corrected chi connectivity index (χ3v) is 2.65. The summed E-state index contributed by atoms with van der Waals surface area (Å²) < 4.78 is 31.0. The molecule has 1 aromatic carbocycles. The second-order valence-electron chi connectivity index (χ2n) is 4.37. The first-order chi connectivity index (χ1) is 9.63. The molecule has 0 aliphatic rings. The number of carbonyl (C=O) groups is 1. The number of halogens is 2. The number of carbonyl (C=O) groups excluding carboxylic acids is 1. The molecule has 1 amide bonds. The van der Waals surface area contributed by atoms with Gasteiger partial charge < -0.3 is 15.8 Å². The maximum Gasteiger partial charge on any atom is 0.220 e. The quantitative estimate of drug-likeness (QED) is 0.682. The lowest BCUT2D eigenvalue weighted by atomic mass is 10.2. The van der Waals surface area contributed by atoms with Crippen molar-refractivity contribution in [2.75, 3.05) is 19.7 Å². The van der Waals surface area contributed by atoms with Crippen molar-refractivity contribution in [1.82, 2.24) is 5.32 Å². The standard InChI is InChI=1S/C14H20F2N2O2/c15-11-5-6-13(12(16)10-11)20-9-3-4-14(19)18-8-2-1-7-17/h5-6,10H,1-4,7-9,17H2,(H,18,19). The summed E-state index contributed by atoms with van der Waals surface area (Å²) in [5.41, 5.74) is 5.34. The lowest BCUT2D eigenvalue weighted by Gasteiger charge is -2.07. The van der Waals surface area contributed by atoms with Crippen LogP contribution in [0.2, 0.25) is 0 Å². The van der Waals surface area contributed by atoms with Crippen LogP contribution >= 0.6 is 0 Å². The van der Waals surface area contributed by atoms with Gasteiger partial charge in [-0.15, -0.1) is 0 Å². The molecule has 1 rings (SSSR count). The molecule has 0 atom stereocenters. The maximum atomic E-state index is 13.2. The van der Waals surface area contributed by atoms with Crippen molar-refractivity contribution in [2.45, 2.75) is 25.7 Å². The molecule has 0 heterocycles. The van der Waals surface area contributed by atoms with Gasteiger partial charge in [-0.1, -0.05) is 0 Å². The van der Waals surface area contributed by atoms with E-state index in [0.29, 0.717) is 25.9 Å². The van der Waals surface area contributed by atoms with Gasteiger partial charge >= 0.3 is 0 Å². The van der Waals surface area contributed by atoms with Crippen LogP contribution in [0.1, 0.15) is 25.7 Å². The second kappa shape index (κ2) is 9.25. The molecule has 112 valence electrons. The monoisotopic (exact) mass is 286 g/mol. The second-order valence-corrected chi connectivity index (χ2v) is 4.37. The number of hydrogen-bond acceptors (Lipinski definition) is 3. The Hall–Kier alpha value is -1.69. The van der Waals surface area contributed by atoms with E-state index >= 15 is 0 Å². The summed E-state index contributed by atoms with van der Waals surface area (Å²) >= 11 is 0. The highest BCUT2D eigenvalue weighted by Gasteiger charge is 2.05. The first-order valence-electron chi connectivity index (χ1n) is 6.68. The molecule has 20 heavy (non-hydrogen) atoms. The third-order valence-electron chi connectivity index (χ3n) is 2.65. The first kappa shape index (κ1) is 16.4. The van der Waals surface area contributed by atoms with Crippen LogP contribution in [0, 0.1) is 11.6 Å². The zero-order valence-corrected chi connectivity index (χ0v) is 11.3. The number of nitrogens with two attached hydrogens (primary N) is 1. The van der Waals surface area contributed by atoms with Crippen molar-refractivity contribution in [2.24, 2.45) is 5.73 Å². The molecule has 6 heteroatoms. The number of nitrogens with one attached hydrogen (secondary N) is 1. The molecule has 4 nitrogen and oxygen atoms in total. The average molecular weight is 286 g/mol. The predicted molar refractivity (Wildman–Crippen MR) is 72.4 cm³/mol. The summed E-state index contributed by atoms with van der Waals surface area (Å²) in [6.07, 6.45) is 2.53. The molecular formula is C14H20F2N2O2. The summed E-state index contributed by atoms with van der Waals surface area (Å²) in [6.45, 7) is 1.44. The van der Waals surface area contributed by atoms with Crippen LogP contribution in [0.25, 0.3) is 0 Å². The van der Waals surface area contributed by atoms with Gasteiger partial charge in [-0.2, -0.15) is 0 Å². The Kier molecular flexibility index (Phi) is 7.57. The van der Waals surface area contributed by atoms with Gasteiger partial charge in [0.1, 0.15) is 5.82 Å². The minimum absolute atomic E-state index is 0.00486. The van der Waals surface area contributed by atoms with E-state index in [1.54, 1.807) is 0 Å². The molecule has 0 saturated heterocycles. The molecule has 0 unspecified atom stereocenters. The normalized spacial score (nSPS) is 10.3. The van der Waals surface area contributed by atoms with E-state index in [1.807, 2.05) is 0 Å². The molecule has 0 saturated carbocycles. The molecule has 0 aromatic heterocycles. The summed E-state index contributed by atoms with van der Waals surface area (Å²) in [4.78, 5) is 11.4. The summed E-state index contributed by atoms with van der Waals surface area (Å²) in [5.74, 6) is -1.46. The van der Waals surface area contributed by atoms with E-state index in [-0.39, 0.29) is 18.3 Å². The molecule has 0 aliphatic carbocycles. The summed E-state index contributed by atoms with van der Waals surface area (Å²) in [7, 11) is 0. The molecule has 0 radical (unpaired) electrons. The van der Waals surface area contributed by atoms with Crippen LogP contribution in [0.5, 0.6) is 5.75 Å². The van der Waals surface area contributed by atoms with Crippen molar-refractivity contribution in [3.05, 3.63) is 29.8 Å². The summed E-state index contributed by atoms with van der Waals surface area (Å²) in [6, 6.07) is 3.12. The zero-order chi connectivity index (χ0) is 14.8. The lowest BCUT2D eigenvalue weighted by Crippen LogP contribution is -2.25. The van der Waals surface area contributed by atoms with Crippen LogP contribution in [-0.4, -0.2) is 25.6 Å². The topological polar surface area (TPSA) is 64.3 Å². The highest BCUT2D eigenvalue weighted by atomic mass is 19.1. The Labute approximate surface area is 117 Å². The lowest BCUT2D eigenvalue weighted by molar-refractivity contribution is -0.121. The molecule has 1 aromatic rings. The fraction of sp³-hybridized carbons (Fsp3) is 0.500. The minimum atomic E-state index is -0.740.